The third kappa shape index (κ3) is 4.93. The van der Waals surface area contributed by atoms with Gasteiger partial charge >= 0.3 is 11.8 Å². The van der Waals surface area contributed by atoms with E-state index in [1.807, 2.05) is 30.3 Å². The summed E-state index contributed by atoms with van der Waals surface area (Å²) in [6, 6.07) is 16.4. The van der Waals surface area contributed by atoms with Gasteiger partial charge in [0.15, 0.2) is 0 Å². The predicted molar refractivity (Wildman–Crippen MR) is 83.2 cm³/mol. The molecule has 0 aliphatic carbocycles. The van der Waals surface area contributed by atoms with Gasteiger partial charge < -0.3 is 10.6 Å². The summed E-state index contributed by atoms with van der Waals surface area (Å²) in [6.07, 6.45) is 0.678. The Bertz CT molecular complexity index is 629. The quantitative estimate of drug-likeness (QED) is 0.853. The Balaban J connectivity index is 1.79. The number of benzene rings is 2. The Hall–Kier alpha value is -2.33. The smallest absolute Gasteiger partial charge is 0.313 e. The first-order valence-electron chi connectivity index (χ1n) is 6.54. The molecule has 108 valence electrons. The zero-order chi connectivity index (χ0) is 15.1. The third-order valence-corrected chi connectivity index (χ3v) is 3.07. The van der Waals surface area contributed by atoms with Crippen LogP contribution in [0.15, 0.2) is 54.6 Å². The molecule has 2 aromatic rings. The van der Waals surface area contributed by atoms with Crippen molar-refractivity contribution in [2.75, 3.05) is 11.9 Å². The molecule has 2 rings (SSSR count). The summed E-state index contributed by atoms with van der Waals surface area (Å²) in [7, 11) is 0. The van der Waals surface area contributed by atoms with E-state index >= 15 is 0 Å². The Morgan fingerprint density at radius 1 is 0.952 bits per heavy atom. The van der Waals surface area contributed by atoms with Crippen molar-refractivity contribution < 1.29 is 9.59 Å². The van der Waals surface area contributed by atoms with Crippen LogP contribution in [0.2, 0.25) is 5.02 Å². The lowest BCUT2D eigenvalue weighted by atomic mass is 10.1. The summed E-state index contributed by atoms with van der Waals surface area (Å²) in [6.45, 7) is 0.409. The minimum absolute atomic E-state index is 0.409. The highest BCUT2D eigenvalue weighted by Gasteiger charge is 2.12. The molecule has 0 heterocycles. The van der Waals surface area contributed by atoms with Crippen LogP contribution in [-0.2, 0) is 16.0 Å². The number of hydrogen-bond acceptors (Lipinski definition) is 2. The Labute approximate surface area is 128 Å². The molecule has 2 aromatic carbocycles. The van der Waals surface area contributed by atoms with Crippen molar-refractivity contribution in [3.05, 3.63) is 65.2 Å². The fraction of sp³-hybridized carbons (Fsp3) is 0.125. The molecule has 0 saturated heterocycles. The monoisotopic (exact) mass is 302 g/mol. The van der Waals surface area contributed by atoms with E-state index < -0.39 is 11.8 Å². The van der Waals surface area contributed by atoms with Gasteiger partial charge in [0.25, 0.3) is 0 Å². The molecular formula is C16H15ClN2O2. The largest absolute Gasteiger partial charge is 0.347 e. The zero-order valence-electron chi connectivity index (χ0n) is 11.3. The first-order valence-corrected chi connectivity index (χ1v) is 6.91. The van der Waals surface area contributed by atoms with Gasteiger partial charge in [-0.3, -0.25) is 9.59 Å². The van der Waals surface area contributed by atoms with Gasteiger partial charge in [-0.15, -0.1) is 0 Å². The molecule has 0 aromatic heterocycles. The fourth-order valence-electron chi connectivity index (χ4n) is 1.80. The highest BCUT2D eigenvalue weighted by molar-refractivity contribution is 6.39. The second kappa shape index (κ2) is 7.45. The van der Waals surface area contributed by atoms with Crippen LogP contribution in [0.4, 0.5) is 5.69 Å². The van der Waals surface area contributed by atoms with Gasteiger partial charge in [-0.2, -0.15) is 0 Å². The number of carbonyl (C=O) groups is 2. The van der Waals surface area contributed by atoms with E-state index in [2.05, 4.69) is 10.6 Å². The van der Waals surface area contributed by atoms with Crippen LogP contribution in [0.5, 0.6) is 0 Å². The molecule has 0 fully saturated rings. The molecule has 0 aliphatic heterocycles. The molecule has 0 aliphatic rings. The summed E-state index contributed by atoms with van der Waals surface area (Å²) in [5.41, 5.74) is 1.60. The predicted octanol–water partition coefficient (Wildman–Crippen LogP) is 2.64. The van der Waals surface area contributed by atoms with E-state index in [4.69, 9.17) is 11.6 Å². The van der Waals surface area contributed by atoms with E-state index in [-0.39, 0.29) is 0 Å². The summed E-state index contributed by atoms with van der Waals surface area (Å²) in [5, 5.41) is 5.58. The molecule has 21 heavy (non-hydrogen) atoms. The molecule has 0 saturated carbocycles. The number of amides is 2. The van der Waals surface area contributed by atoms with Crippen molar-refractivity contribution in [3.8, 4) is 0 Å². The highest BCUT2D eigenvalue weighted by Crippen LogP contribution is 2.14. The topological polar surface area (TPSA) is 58.2 Å². The third-order valence-electron chi connectivity index (χ3n) is 2.83. The Morgan fingerprint density at radius 3 is 2.43 bits per heavy atom. The first-order chi connectivity index (χ1) is 10.1. The standard InChI is InChI=1S/C16H15ClN2O2/c17-13-7-4-8-14(11-13)19-16(21)15(20)18-10-9-12-5-2-1-3-6-12/h1-8,11H,9-10H2,(H,18,20)(H,19,21). The van der Waals surface area contributed by atoms with E-state index in [9.17, 15) is 9.59 Å². The summed E-state index contributed by atoms with van der Waals surface area (Å²) in [4.78, 5) is 23.4. The van der Waals surface area contributed by atoms with Gasteiger partial charge in [0, 0.05) is 17.3 Å². The Kier molecular flexibility index (Phi) is 5.35. The van der Waals surface area contributed by atoms with Crippen LogP contribution < -0.4 is 10.6 Å². The van der Waals surface area contributed by atoms with Gasteiger partial charge in [0.05, 0.1) is 0 Å². The number of nitrogens with one attached hydrogen (secondary N) is 2. The van der Waals surface area contributed by atoms with Crippen molar-refractivity contribution in [2.24, 2.45) is 0 Å². The molecule has 4 nitrogen and oxygen atoms in total. The van der Waals surface area contributed by atoms with Gasteiger partial charge in [0.2, 0.25) is 0 Å². The molecule has 0 atom stereocenters. The van der Waals surface area contributed by atoms with Gasteiger partial charge in [-0.25, -0.2) is 0 Å². The van der Waals surface area contributed by atoms with E-state index in [0.29, 0.717) is 23.7 Å². The second-order valence-corrected chi connectivity index (χ2v) is 4.89. The average molecular weight is 303 g/mol. The number of hydrogen-bond donors (Lipinski definition) is 2. The maximum atomic E-state index is 11.7. The SMILES string of the molecule is O=C(NCCc1ccccc1)C(=O)Nc1cccc(Cl)c1. The normalized spacial score (nSPS) is 9.95. The second-order valence-electron chi connectivity index (χ2n) is 4.46. The summed E-state index contributed by atoms with van der Waals surface area (Å²) < 4.78 is 0. The molecule has 2 amide bonds. The van der Waals surface area contributed by atoms with Crippen LogP contribution in [0.25, 0.3) is 0 Å². The number of anilines is 1. The number of carbonyl (C=O) groups excluding carboxylic acids is 2. The highest BCUT2D eigenvalue weighted by atomic mass is 35.5. The lowest BCUT2D eigenvalue weighted by molar-refractivity contribution is -0.136. The van der Waals surface area contributed by atoms with Crippen LogP contribution in [0.3, 0.4) is 0 Å². The van der Waals surface area contributed by atoms with Crippen molar-refractivity contribution in [3.63, 3.8) is 0 Å². The maximum absolute atomic E-state index is 11.7. The molecule has 0 bridgehead atoms. The molecule has 0 radical (unpaired) electrons. The Morgan fingerprint density at radius 2 is 1.71 bits per heavy atom. The van der Waals surface area contributed by atoms with Gasteiger partial charge in [0.1, 0.15) is 0 Å². The minimum Gasteiger partial charge on any atom is -0.347 e. The van der Waals surface area contributed by atoms with E-state index in [1.165, 1.54) is 0 Å². The van der Waals surface area contributed by atoms with Gasteiger partial charge in [-0.1, -0.05) is 48.0 Å². The van der Waals surface area contributed by atoms with Crippen LogP contribution >= 0.6 is 11.6 Å². The molecule has 2 N–H and O–H groups in total. The van der Waals surface area contributed by atoms with Crippen molar-refractivity contribution in [1.82, 2.24) is 5.32 Å². The van der Waals surface area contributed by atoms with Gasteiger partial charge in [-0.05, 0) is 30.2 Å². The molecule has 0 unspecified atom stereocenters. The molecule has 5 heteroatoms. The lowest BCUT2D eigenvalue weighted by Crippen LogP contribution is -2.36. The lowest BCUT2D eigenvalue weighted by Gasteiger charge is -2.07. The van der Waals surface area contributed by atoms with Crippen molar-refractivity contribution in [2.45, 2.75) is 6.42 Å². The molecular weight excluding hydrogens is 288 g/mol. The van der Waals surface area contributed by atoms with Crippen molar-refractivity contribution in [1.29, 1.82) is 0 Å². The maximum Gasteiger partial charge on any atom is 0.313 e. The fourth-order valence-corrected chi connectivity index (χ4v) is 1.99. The average Bonchev–Trinajstić information content (AvgIpc) is 2.48. The minimum atomic E-state index is -0.703. The number of halogens is 1. The first kappa shape index (κ1) is 15.1. The summed E-state index contributed by atoms with van der Waals surface area (Å²) in [5.74, 6) is -1.36. The zero-order valence-corrected chi connectivity index (χ0v) is 12.1. The summed E-state index contributed by atoms with van der Waals surface area (Å²) >= 11 is 5.81. The molecule has 0 spiro atoms. The van der Waals surface area contributed by atoms with Crippen LogP contribution in [-0.4, -0.2) is 18.4 Å². The van der Waals surface area contributed by atoms with Crippen molar-refractivity contribution >= 4 is 29.1 Å². The van der Waals surface area contributed by atoms with E-state index in [0.717, 1.165) is 5.56 Å². The van der Waals surface area contributed by atoms with Crippen LogP contribution in [0.1, 0.15) is 5.56 Å². The number of rotatable bonds is 4. The van der Waals surface area contributed by atoms with E-state index in [1.54, 1.807) is 24.3 Å². The van der Waals surface area contributed by atoms with Crippen LogP contribution in [0, 0.1) is 0 Å².